The molecule has 5 nitrogen and oxygen atoms in total. The van der Waals surface area contributed by atoms with Gasteiger partial charge in [0.05, 0.1) is 17.7 Å². The number of nitrogens with zero attached hydrogens (tertiary/aromatic N) is 2. The highest BCUT2D eigenvalue weighted by Gasteiger charge is 2.61. The van der Waals surface area contributed by atoms with E-state index in [-0.39, 0.29) is 23.4 Å². The van der Waals surface area contributed by atoms with Crippen LogP contribution in [0.4, 0.5) is 0 Å². The number of aliphatic hydroxyl groups is 1. The van der Waals surface area contributed by atoms with Gasteiger partial charge in [-0.1, -0.05) is 6.92 Å². The summed E-state index contributed by atoms with van der Waals surface area (Å²) >= 11 is 0. The zero-order valence-corrected chi connectivity index (χ0v) is 14.7. The lowest BCUT2D eigenvalue weighted by Crippen LogP contribution is -2.65. The van der Waals surface area contributed by atoms with Crippen molar-refractivity contribution >= 4 is 5.91 Å². The van der Waals surface area contributed by atoms with Crippen LogP contribution in [0.25, 0.3) is 0 Å². The molecule has 5 unspecified atom stereocenters. The topological polar surface area (TPSA) is 90.4 Å². The second-order valence-corrected chi connectivity index (χ2v) is 9.37. The standard InChI is InChI=1S/C19H29N3O2/c1-11-3-15(9-20)22(12(11)2)17(23)16(21)18-5-13-4-14(6-18)8-19(24,7-13)10-18/h11-16,24H,3-8,10,21H2,1-2H3/t11-,12?,13?,14?,15?,16?,18?,19?/m0/s1. The number of amides is 1. The smallest absolute Gasteiger partial charge is 0.241 e. The summed E-state index contributed by atoms with van der Waals surface area (Å²) in [5.41, 5.74) is 5.69. The van der Waals surface area contributed by atoms with Gasteiger partial charge in [-0.15, -0.1) is 0 Å². The first-order valence-electron chi connectivity index (χ1n) is 9.47. The zero-order chi connectivity index (χ0) is 17.3. The quantitative estimate of drug-likeness (QED) is 0.807. The van der Waals surface area contributed by atoms with Crippen molar-refractivity contribution in [3.8, 4) is 6.07 Å². The van der Waals surface area contributed by atoms with Crippen molar-refractivity contribution in [1.29, 1.82) is 5.26 Å². The van der Waals surface area contributed by atoms with Gasteiger partial charge in [0.15, 0.2) is 0 Å². The van der Waals surface area contributed by atoms with Gasteiger partial charge in [0.25, 0.3) is 0 Å². The van der Waals surface area contributed by atoms with E-state index < -0.39 is 11.6 Å². The van der Waals surface area contributed by atoms with Crippen LogP contribution in [0.2, 0.25) is 0 Å². The average molecular weight is 331 g/mol. The van der Waals surface area contributed by atoms with E-state index in [4.69, 9.17) is 5.73 Å². The molecule has 0 radical (unpaired) electrons. The van der Waals surface area contributed by atoms with E-state index >= 15 is 0 Å². The van der Waals surface area contributed by atoms with Gasteiger partial charge in [0.1, 0.15) is 6.04 Å². The number of nitriles is 1. The highest BCUT2D eigenvalue weighted by molar-refractivity contribution is 5.84. The van der Waals surface area contributed by atoms with E-state index in [2.05, 4.69) is 13.0 Å². The number of likely N-dealkylation sites (tertiary alicyclic amines) is 1. The zero-order valence-electron chi connectivity index (χ0n) is 14.7. The van der Waals surface area contributed by atoms with Crippen molar-refractivity contribution in [3.05, 3.63) is 0 Å². The molecule has 1 heterocycles. The Morgan fingerprint density at radius 2 is 1.88 bits per heavy atom. The summed E-state index contributed by atoms with van der Waals surface area (Å²) in [5, 5.41) is 20.4. The average Bonchev–Trinajstić information content (AvgIpc) is 2.78. The van der Waals surface area contributed by atoms with Gasteiger partial charge in [0.2, 0.25) is 5.91 Å². The summed E-state index contributed by atoms with van der Waals surface area (Å²) in [6.45, 7) is 4.13. The van der Waals surface area contributed by atoms with Crippen LogP contribution in [0.15, 0.2) is 0 Å². The van der Waals surface area contributed by atoms with Crippen molar-refractivity contribution in [2.45, 2.75) is 82.5 Å². The maximum Gasteiger partial charge on any atom is 0.241 e. The summed E-state index contributed by atoms with van der Waals surface area (Å²) in [6, 6.07) is 1.41. The second-order valence-electron chi connectivity index (χ2n) is 9.37. The number of nitrogens with two attached hydrogens (primary N) is 1. The first kappa shape index (κ1) is 16.4. The van der Waals surface area contributed by atoms with Crippen LogP contribution < -0.4 is 5.73 Å². The summed E-state index contributed by atoms with van der Waals surface area (Å²) in [5.74, 6) is 1.28. The molecule has 6 atom stereocenters. The van der Waals surface area contributed by atoms with Crippen LogP contribution in [0.3, 0.4) is 0 Å². The Morgan fingerprint density at radius 3 is 2.42 bits per heavy atom. The van der Waals surface area contributed by atoms with Crippen molar-refractivity contribution in [2.75, 3.05) is 0 Å². The highest BCUT2D eigenvalue weighted by Crippen LogP contribution is 2.62. The fourth-order valence-electron chi connectivity index (χ4n) is 6.76. The van der Waals surface area contributed by atoms with Crippen LogP contribution in [-0.2, 0) is 4.79 Å². The maximum absolute atomic E-state index is 13.3. The van der Waals surface area contributed by atoms with Gasteiger partial charge >= 0.3 is 0 Å². The lowest BCUT2D eigenvalue weighted by molar-refractivity contribution is -0.177. The minimum Gasteiger partial charge on any atom is -0.390 e. The molecule has 0 aromatic carbocycles. The van der Waals surface area contributed by atoms with Crippen molar-refractivity contribution in [3.63, 3.8) is 0 Å². The lowest BCUT2D eigenvalue weighted by Gasteiger charge is -2.61. The molecule has 4 bridgehead atoms. The summed E-state index contributed by atoms with van der Waals surface area (Å²) < 4.78 is 0. The van der Waals surface area contributed by atoms with E-state index in [0.717, 1.165) is 32.1 Å². The molecule has 5 heteroatoms. The van der Waals surface area contributed by atoms with E-state index in [1.807, 2.05) is 6.92 Å². The third kappa shape index (κ3) is 2.23. The highest BCUT2D eigenvalue weighted by atomic mass is 16.3. The third-order valence-corrected chi connectivity index (χ3v) is 7.60. The van der Waals surface area contributed by atoms with Gasteiger partial charge in [-0.2, -0.15) is 5.26 Å². The molecule has 0 aromatic heterocycles. The molecule has 0 aromatic rings. The van der Waals surface area contributed by atoms with Crippen LogP contribution in [0.1, 0.15) is 58.8 Å². The minimum atomic E-state index is -0.611. The third-order valence-electron chi connectivity index (χ3n) is 7.60. The predicted octanol–water partition coefficient (Wildman–Crippen LogP) is 1.79. The molecule has 1 aliphatic heterocycles. The lowest BCUT2D eigenvalue weighted by atomic mass is 9.46. The summed E-state index contributed by atoms with van der Waals surface area (Å²) in [4.78, 5) is 15.0. The largest absolute Gasteiger partial charge is 0.390 e. The molecule has 5 fully saturated rings. The molecule has 24 heavy (non-hydrogen) atoms. The van der Waals surface area contributed by atoms with E-state index in [9.17, 15) is 15.2 Å². The predicted molar refractivity (Wildman–Crippen MR) is 89.5 cm³/mol. The molecule has 132 valence electrons. The van der Waals surface area contributed by atoms with Gasteiger partial charge in [-0.05, 0) is 75.0 Å². The molecule has 3 N–H and O–H groups in total. The second kappa shape index (κ2) is 5.19. The Bertz CT molecular complexity index is 584. The van der Waals surface area contributed by atoms with Gasteiger partial charge in [-0.3, -0.25) is 4.79 Å². The molecule has 4 saturated carbocycles. The van der Waals surface area contributed by atoms with Crippen LogP contribution in [-0.4, -0.2) is 39.6 Å². The van der Waals surface area contributed by atoms with Gasteiger partial charge in [0, 0.05) is 6.04 Å². The molecule has 1 amide bonds. The molecule has 1 saturated heterocycles. The Balaban J connectivity index is 1.61. The van der Waals surface area contributed by atoms with Crippen molar-refractivity contribution in [1.82, 2.24) is 4.90 Å². The van der Waals surface area contributed by atoms with Crippen molar-refractivity contribution in [2.24, 2.45) is 28.9 Å². The molecule has 0 spiro atoms. The normalized spacial score (nSPS) is 50.8. The molecule has 5 rings (SSSR count). The Kier molecular flexibility index (Phi) is 3.54. The minimum absolute atomic E-state index is 0.0604. The fraction of sp³-hybridized carbons (Fsp3) is 0.895. The first-order valence-corrected chi connectivity index (χ1v) is 9.47. The summed E-state index contributed by atoms with van der Waals surface area (Å²) in [7, 11) is 0. The number of hydrogen-bond donors (Lipinski definition) is 2. The number of rotatable bonds is 2. The molecular formula is C19H29N3O2. The van der Waals surface area contributed by atoms with Crippen molar-refractivity contribution < 1.29 is 9.90 Å². The van der Waals surface area contributed by atoms with Crippen LogP contribution in [0, 0.1) is 34.5 Å². The monoisotopic (exact) mass is 331 g/mol. The number of carbonyl (C=O) groups excluding carboxylic acids is 1. The molecule has 5 aliphatic rings. The number of hydrogen-bond acceptors (Lipinski definition) is 4. The molecular weight excluding hydrogens is 302 g/mol. The van der Waals surface area contributed by atoms with Gasteiger partial charge < -0.3 is 15.7 Å². The fourth-order valence-corrected chi connectivity index (χ4v) is 6.76. The van der Waals surface area contributed by atoms with Crippen LogP contribution >= 0.6 is 0 Å². The first-order chi connectivity index (χ1) is 11.3. The molecule has 4 aliphatic carbocycles. The number of carbonyl (C=O) groups is 1. The Morgan fingerprint density at radius 1 is 1.25 bits per heavy atom. The van der Waals surface area contributed by atoms with E-state index in [1.54, 1.807) is 4.90 Å². The Hall–Kier alpha value is -1.12. The van der Waals surface area contributed by atoms with Crippen LogP contribution in [0.5, 0.6) is 0 Å². The van der Waals surface area contributed by atoms with Gasteiger partial charge in [-0.25, -0.2) is 0 Å². The van der Waals surface area contributed by atoms with E-state index in [0.29, 0.717) is 24.2 Å². The van der Waals surface area contributed by atoms with E-state index in [1.165, 1.54) is 6.42 Å². The Labute approximate surface area is 144 Å². The summed E-state index contributed by atoms with van der Waals surface area (Å²) in [6.07, 6.45) is 6.27. The SMILES string of the molecule is CC1[C@@H](C)CC(C#N)N1C(=O)C(N)C12CC3CC(CC(O)(C3)C1)C2. The maximum atomic E-state index is 13.3.